The van der Waals surface area contributed by atoms with E-state index in [1.165, 1.54) is 15.9 Å². The summed E-state index contributed by atoms with van der Waals surface area (Å²) in [5.74, 6) is -0.165. The number of hydrogen-bond donors (Lipinski definition) is 0. The largest absolute Gasteiger partial charge is 0.341 e. The van der Waals surface area contributed by atoms with Crippen molar-refractivity contribution in [1.29, 1.82) is 0 Å². The highest BCUT2D eigenvalue weighted by Crippen LogP contribution is 2.30. The summed E-state index contributed by atoms with van der Waals surface area (Å²) in [6.07, 6.45) is 4.48. The van der Waals surface area contributed by atoms with Gasteiger partial charge in [0.25, 0.3) is 0 Å². The fourth-order valence-corrected chi connectivity index (χ4v) is 4.89. The lowest BCUT2D eigenvalue weighted by Crippen LogP contribution is -2.39. The number of nitrogens with zero attached hydrogens (tertiary/aromatic N) is 5. The molecule has 4 rings (SSSR count). The number of benzene rings is 1. The molecule has 0 radical (unpaired) electrons. The van der Waals surface area contributed by atoms with E-state index in [0.717, 1.165) is 17.5 Å². The van der Waals surface area contributed by atoms with E-state index in [9.17, 15) is 9.59 Å². The highest BCUT2D eigenvalue weighted by Gasteiger charge is 2.32. The van der Waals surface area contributed by atoms with Gasteiger partial charge < -0.3 is 9.80 Å². The number of thiophene rings is 1. The van der Waals surface area contributed by atoms with Crippen molar-refractivity contribution < 1.29 is 9.59 Å². The highest BCUT2D eigenvalue weighted by atomic mass is 32.1. The van der Waals surface area contributed by atoms with E-state index >= 15 is 0 Å². The molecule has 1 saturated heterocycles. The van der Waals surface area contributed by atoms with Crippen LogP contribution in [-0.2, 0) is 22.6 Å². The Kier molecular flexibility index (Phi) is 6.76. The summed E-state index contributed by atoms with van der Waals surface area (Å²) in [6.45, 7) is 4.47. The first-order chi connectivity index (χ1) is 15.2. The molecule has 1 unspecified atom stereocenters. The normalized spacial score (nSPS) is 17.1. The predicted octanol–water partition coefficient (Wildman–Crippen LogP) is 2.95. The maximum Gasteiger partial charge on any atom is 0.244 e. The van der Waals surface area contributed by atoms with Gasteiger partial charge >= 0.3 is 0 Å². The zero-order valence-electron chi connectivity index (χ0n) is 17.7. The van der Waals surface area contributed by atoms with Gasteiger partial charge in [-0.05, 0) is 35.4 Å². The Morgan fingerprint density at radius 2 is 2.06 bits per heavy atom. The van der Waals surface area contributed by atoms with Gasteiger partial charge in [-0.1, -0.05) is 37.3 Å². The van der Waals surface area contributed by atoms with E-state index in [4.69, 9.17) is 0 Å². The summed E-state index contributed by atoms with van der Waals surface area (Å²) in [6, 6.07) is 12.4. The van der Waals surface area contributed by atoms with Gasteiger partial charge in [0.15, 0.2) is 0 Å². The third-order valence-corrected chi connectivity index (χ3v) is 6.53. The van der Waals surface area contributed by atoms with Crippen LogP contribution in [0.3, 0.4) is 0 Å². The van der Waals surface area contributed by atoms with Crippen molar-refractivity contribution in [2.45, 2.75) is 26.3 Å². The Morgan fingerprint density at radius 1 is 1.19 bits per heavy atom. The number of aromatic nitrogens is 3. The molecule has 1 aliphatic heterocycles. The lowest BCUT2D eigenvalue weighted by Gasteiger charge is -2.24. The molecular weight excluding hydrogens is 410 g/mol. The van der Waals surface area contributed by atoms with E-state index in [1.807, 2.05) is 28.0 Å². The average molecular weight is 438 g/mol. The summed E-state index contributed by atoms with van der Waals surface area (Å²) in [5, 5.41) is 6.11. The smallest absolute Gasteiger partial charge is 0.244 e. The summed E-state index contributed by atoms with van der Waals surface area (Å²) < 4.78 is 1.53. The molecule has 1 aliphatic rings. The lowest BCUT2D eigenvalue weighted by molar-refractivity contribution is -0.135. The van der Waals surface area contributed by atoms with Crippen LogP contribution in [0.15, 0.2) is 54.4 Å². The second kappa shape index (κ2) is 9.87. The summed E-state index contributed by atoms with van der Waals surface area (Å²) in [4.78, 5) is 35.2. The van der Waals surface area contributed by atoms with Gasteiger partial charge in [-0.3, -0.25) is 9.59 Å². The Morgan fingerprint density at radius 3 is 2.81 bits per heavy atom. The molecule has 7 nitrogen and oxygen atoms in total. The first kappa shape index (κ1) is 21.2. The summed E-state index contributed by atoms with van der Waals surface area (Å²) in [5.41, 5.74) is 2.31. The number of hydrogen-bond acceptors (Lipinski definition) is 5. The number of carbonyl (C=O) groups is 2. The molecule has 31 heavy (non-hydrogen) atoms. The second-order valence-corrected chi connectivity index (χ2v) is 8.74. The van der Waals surface area contributed by atoms with Crippen LogP contribution in [-0.4, -0.2) is 62.6 Å². The minimum atomic E-state index is -0.269. The Bertz CT molecular complexity index is 1000. The van der Waals surface area contributed by atoms with Gasteiger partial charge in [0.1, 0.15) is 19.2 Å². The topological polar surface area (TPSA) is 71.3 Å². The van der Waals surface area contributed by atoms with Gasteiger partial charge in [-0.2, -0.15) is 5.10 Å². The van der Waals surface area contributed by atoms with Gasteiger partial charge in [-0.25, -0.2) is 9.67 Å². The molecule has 0 bridgehead atoms. The molecule has 0 saturated carbocycles. The van der Waals surface area contributed by atoms with Crippen LogP contribution in [0.4, 0.5) is 0 Å². The molecule has 0 aliphatic carbocycles. The van der Waals surface area contributed by atoms with Crippen LogP contribution in [0.5, 0.6) is 0 Å². The molecule has 3 heterocycles. The molecule has 2 aromatic heterocycles. The van der Waals surface area contributed by atoms with Crippen LogP contribution in [0.25, 0.3) is 10.4 Å². The monoisotopic (exact) mass is 437 g/mol. The Labute approximate surface area is 186 Å². The van der Waals surface area contributed by atoms with Crippen molar-refractivity contribution in [2.75, 3.05) is 26.2 Å². The van der Waals surface area contributed by atoms with Gasteiger partial charge in [0.2, 0.25) is 11.8 Å². The van der Waals surface area contributed by atoms with Gasteiger partial charge in [0, 0.05) is 31.1 Å². The first-order valence-corrected chi connectivity index (χ1v) is 11.5. The van der Waals surface area contributed by atoms with Crippen LogP contribution < -0.4 is 0 Å². The molecule has 0 spiro atoms. The average Bonchev–Trinajstić information content (AvgIpc) is 3.46. The maximum absolute atomic E-state index is 13.4. The molecule has 3 aromatic rings. The molecule has 0 N–H and O–H groups in total. The van der Waals surface area contributed by atoms with E-state index in [-0.39, 0.29) is 24.3 Å². The third-order valence-electron chi connectivity index (χ3n) is 5.62. The molecule has 1 aromatic carbocycles. The van der Waals surface area contributed by atoms with Crippen LogP contribution >= 0.6 is 11.3 Å². The Balaban J connectivity index is 1.57. The van der Waals surface area contributed by atoms with Crippen molar-refractivity contribution >= 4 is 23.2 Å². The fourth-order valence-electron chi connectivity index (χ4n) is 4.10. The lowest BCUT2D eigenvalue weighted by atomic mass is 9.93. The SMILES string of the molecule is CCCN1CCN(C(=O)Cn2cncn2)CC(Cc2ccccc2-c2cccs2)C1=O. The quantitative estimate of drug-likeness (QED) is 0.570. The van der Waals surface area contributed by atoms with Crippen molar-refractivity contribution in [2.24, 2.45) is 5.92 Å². The van der Waals surface area contributed by atoms with Gasteiger partial charge in [-0.15, -0.1) is 11.3 Å². The first-order valence-electron chi connectivity index (χ1n) is 10.7. The standard InChI is InChI=1S/C23H27N5O2S/c1-2-9-26-10-11-27(22(29)15-28-17-24-16-25-28)14-19(23(26)30)13-18-6-3-4-7-20(18)21-8-5-12-31-21/h3-8,12,16-17,19H,2,9-11,13-15H2,1H3. The van der Waals surface area contributed by atoms with Crippen molar-refractivity contribution in [3.8, 4) is 10.4 Å². The zero-order valence-corrected chi connectivity index (χ0v) is 18.5. The minimum absolute atomic E-state index is 0.0341. The number of rotatable bonds is 7. The minimum Gasteiger partial charge on any atom is -0.341 e. The van der Waals surface area contributed by atoms with Gasteiger partial charge in [0.05, 0.1) is 5.92 Å². The fraction of sp³-hybridized carbons (Fsp3) is 0.391. The molecule has 1 atom stereocenters. The van der Waals surface area contributed by atoms with Crippen molar-refractivity contribution in [3.63, 3.8) is 0 Å². The molecular formula is C23H27N5O2S. The van der Waals surface area contributed by atoms with E-state index < -0.39 is 0 Å². The maximum atomic E-state index is 13.4. The molecule has 8 heteroatoms. The van der Waals surface area contributed by atoms with Crippen molar-refractivity contribution in [3.05, 3.63) is 60.0 Å². The summed E-state index contributed by atoms with van der Waals surface area (Å²) >= 11 is 1.70. The second-order valence-electron chi connectivity index (χ2n) is 7.79. The predicted molar refractivity (Wildman–Crippen MR) is 120 cm³/mol. The summed E-state index contributed by atoms with van der Waals surface area (Å²) in [7, 11) is 0. The Hall–Kier alpha value is -3.00. The number of carbonyl (C=O) groups excluding carboxylic acids is 2. The van der Waals surface area contributed by atoms with Crippen LogP contribution in [0, 0.1) is 5.92 Å². The van der Waals surface area contributed by atoms with E-state index in [1.54, 1.807) is 17.7 Å². The van der Waals surface area contributed by atoms with Crippen LogP contribution in [0.1, 0.15) is 18.9 Å². The van der Waals surface area contributed by atoms with Crippen LogP contribution in [0.2, 0.25) is 0 Å². The molecule has 2 amide bonds. The van der Waals surface area contributed by atoms with E-state index in [2.05, 4.69) is 40.6 Å². The van der Waals surface area contributed by atoms with E-state index in [0.29, 0.717) is 32.6 Å². The zero-order chi connectivity index (χ0) is 21.6. The van der Waals surface area contributed by atoms with Crippen molar-refractivity contribution in [1.82, 2.24) is 24.6 Å². The third kappa shape index (κ3) is 5.02. The highest BCUT2D eigenvalue weighted by molar-refractivity contribution is 7.13. The molecule has 1 fully saturated rings. The number of amides is 2. The molecule has 162 valence electrons.